The predicted molar refractivity (Wildman–Crippen MR) is 78.3 cm³/mol. The third kappa shape index (κ3) is 2.31. The van der Waals surface area contributed by atoms with Crippen molar-refractivity contribution < 1.29 is 14.7 Å². The van der Waals surface area contributed by atoms with Gasteiger partial charge in [0.25, 0.3) is 11.7 Å². The zero-order valence-corrected chi connectivity index (χ0v) is 11.1. The summed E-state index contributed by atoms with van der Waals surface area (Å²) in [4.78, 5) is 23.8. The molecule has 4 nitrogen and oxygen atoms in total. The van der Waals surface area contributed by atoms with Gasteiger partial charge in [-0.05, 0) is 5.56 Å². The summed E-state index contributed by atoms with van der Waals surface area (Å²) in [5.41, 5.74) is 1.37. The first-order chi connectivity index (χ1) is 10.2. The van der Waals surface area contributed by atoms with E-state index in [1.807, 2.05) is 36.4 Å². The lowest BCUT2D eigenvalue weighted by Gasteiger charge is -2.13. The number of nitrogens with one attached hydrogen (secondary N) is 1. The van der Waals surface area contributed by atoms with Crippen LogP contribution in [0.4, 0.5) is 0 Å². The Kier molecular flexibility index (Phi) is 3.28. The average molecular weight is 279 g/mol. The Bertz CT molecular complexity index is 720. The van der Waals surface area contributed by atoms with Crippen molar-refractivity contribution in [3.63, 3.8) is 0 Å². The maximum Gasteiger partial charge on any atom is 0.293 e. The highest BCUT2D eigenvalue weighted by Crippen LogP contribution is 2.32. The molecule has 0 spiro atoms. The first-order valence-corrected chi connectivity index (χ1v) is 6.57. The van der Waals surface area contributed by atoms with Crippen LogP contribution >= 0.6 is 0 Å². The molecular formula is C17H13NO3. The van der Waals surface area contributed by atoms with E-state index in [-0.39, 0.29) is 11.3 Å². The summed E-state index contributed by atoms with van der Waals surface area (Å²) >= 11 is 0. The highest BCUT2D eigenvalue weighted by molar-refractivity contribution is 6.46. The summed E-state index contributed by atoms with van der Waals surface area (Å²) in [5.74, 6) is -1.54. The largest absolute Gasteiger partial charge is 0.507 e. The molecule has 0 radical (unpaired) electrons. The molecule has 1 atom stereocenters. The molecule has 0 bridgehead atoms. The van der Waals surface area contributed by atoms with Crippen LogP contribution in [0.3, 0.4) is 0 Å². The van der Waals surface area contributed by atoms with Crippen LogP contribution in [-0.4, -0.2) is 16.8 Å². The second-order valence-corrected chi connectivity index (χ2v) is 4.77. The summed E-state index contributed by atoms with van der Waals surface area (Å²) in [5, 5.41) is 13.0. The molecule has 1 fully saturated rings. The van der Waals surface area contributed by atoms with Gasteiger partial charge in [0.2, 0.25) is 0 Å². The van der Waals surface area contributed by atoms with Gasteiger partial charge in [0.1, 0.15) is 5.76 Å². The van der Waals surface area contributed by atoms with Gasteiger partial charge in [-0.3, -0.25) is 9.59 Å². The van der Waals surface area contributed by atoms with Gasteiger partial charge in [-0.2, -0.15) is 0 Å². The Balaban J connectivity index is 2.13. The Morgan fingerprint density at radius 2 is 1.48 bits per heavy atom. The van der Waals surface area contributed by atoms with Crippen molar-refractivity contribution in [1.82, 2.24) is 5.32 Å². The second-order valence-electron chi connectivity index (χ2n) is 4.77. The second kappa shape index (κ2) is 5.25. The number of hydrogen-bond donors (Lipinski definition) is 2. The summed E-state index contributed by atoms with van der Waals surface area (Å²) in [6.07, 6.45) is 0. The van der Waals surface area contributed by atoms with Crippen molar-refractivity contribution in [2.75, 3.05) is 0 Å². The highest BCUT2D eigenvalue weighted by Gasteiger charge is 2.39. The number of Topliss-reactive ketones (excluding diaryl/α,β-unsaturated/α-hetero) is 1. The van der Waals surface area contributed by atoms with Crippen LogP contribution in [0, 0.1) is 0 Å². The van der Waals surface area contributed by atoms with Gasteiger partial charge in [0.05, 0.1) is 11.6 Å². The number of rotatable bonds is 2. The third-order valence-corrected chi connectivity index (χ3v) is 3.45. The van der Waals surface area contributed by atoms with Gasteiger partial charge in [0.15, 0.2) is 0 Å². The van der Waals surface area contributed by atoms with Crippen LogP contribution in [0.15, 0.2) is 66.2 Å². The van der Waals surface area contributed by atoms with Gasteiger partial charge in [-0.25, -0.2) is 0 Å². The van der Waals surface area contributed by atoms with E-state index < -0.39 is 17.7 Å². The van der Waals surface area contributed by atoms with Crippen LogP contribution in [0.1, 0.15) is 17.2 Å². The molecule has 0 saturated carbocycles. The molecule has 1 heterocycles. The first-order valence-electron chi connectivity index (χ1n) is 6.57. The van der Waals surface area contributed by atoms with Gasteiger partial charge in [-0.15, -0.1) is 0 Å². The van der Waals surface area contributed by atoms with E-state index >= 15 is 0 Å². The third-order valence-electron chi connectivity index (χ3n) is 3.45. The van der Waals surface area contributed by atoms with E-state index in [2.05, 4.69) is 5.32 Å². The lowest BCUT2D eigenvalue weighted by Crippen LogP contribution is -2.21. The van der Waals surface area contributed by atoms with Crippen molar-refractivity contribution in [3.05, 3.63) is 77.4 Å². The standard InChI is InChI=1S/C17H13NO3/c19-15(12-9-5-2-6-10-12)13-14(18-17(21)16(13)20)11-7-3-1-4-8-11/h1-10,14,19H,(H,18,21)/b15-13-. The van der Waals surface area contributed by atoms with E-state index in [1.54, 1.807) is 24.3 Å². The van der Waals surface area contributed by atoms with E-state index in [0.717, 1.165) is 5.56 Å². The van der Waals surface area contributed by atoms with Gasteiger partial charge < -0.3 is 10.4 Å². The molecule has 2 N–H and O–H groups in total. The Morgan fingerprint density at radius 1 is 0.905 bits per heavy atom. The maximum atomic E-state index is 12.1. The molecule has 2 aromatic carbocycles. The summed E-state index contributed by atoms with van der Waals surface area (Å²) in [6, 6.07) is 17.2. The summed E-state index contributed by atoms with van der Waals surface area (Å²) in [6.45, 7) is 0. The van der Waals surface area contributed by atoms with Gasteiger partial charge >= 0.3 is 0 Å². The number of benzene rings is 2. The molecule has 1 aliphatic rings. The number of hydrogen-bond acceptors (Lipinski definition) is 3. The first kappa shape index (κ1) is 13.1. The SMILES string of the molecule is O=C1NC(c2ccccc2)/C(=C(/O)c2ccccc2)C1=O. The maximum absolute atomic E-state index is 12.1. The average Bonchev–Trinajstić information content (AvgIpc) is 2.84. The smallest absolute Gasteiger partial charge is 0.293 e. The number of amides is 1. The van der Waals surface area contributed by atoms with Crippen molar-refractivity contribution in [1.29, 1.82) is 0 Å². The molecule has 2 aromatic rings. The molecule has 3 rings (SSSR count). The fourth-order valence-corrected chi connectivity index (χ4v) is 2.41. The monoisotopic (exact) mass is 279 g/mol. The molecule has 1 unspecified atom stereocenters. The molecule has 104 valence electrons. The minimum Gasteiger partial charge on any atom is -0.507 e. The Hall–Kier alpha value is -2.88. The number of aliphatic hydroxyl groups excluding tert-OH is 1. The number of carbonyl (C=O) groups is 2. The summed E-state index contributed by atoms with van der Waals surface area (Å²) in [7, 11) is 0. The summed E-state index contributed by atoms with van der Waals surface area (Å²) < 4.78 is 0. The molecule has 21 heavy (non-hydrogen) atoms. The van der Waals surface area contributed by atoms with Crippen LogP contribution in [0.5, 0.6) is 0 Å². The van der Waals surface area contributed by atoms with Crippen molar-refractivity contribution >= 4 is 17.4 Å². The van der Waals surface area contributed by atoms with Gasteiger partial charge in [-0.1, -0.05) is 60.7 Å². The molecule has 0 aliphatic carbocycles. The Labute approximate surface area is 121 Å². The minimum atomic E-state index is -0.693. The fraction of sp³-hybridized carbons (Fsp3) is 0.0588. The zero-order chi connectivity index (χ0) is 14.8. The normalized spacial score (nSPS) is 20.3. The quantitative estimate of drug-likeness (QED) is 0.504. The predicted octanol–water partition coefficient (Wildman–Crippen LogP) is 2.40. The Morgan fingerprint density at radius 3 is 2.10 bits per heavy atom. The van der Waals surface area contributed by atoms with Crippen LogP contribution in [-0.2, 0) is 9.59 Å². The van der Waals surface area contributed by atoms with E-state index in [0.29, 0.717) is 5.56 Å². The number of carbonyl (C=O) groups excluding carboxylic acids is 2. The minimum absolute atomic E-state index is 0.0948. The molecule has 0 aromatic heterocycles. The number of ketones is 1. The fourth-order valence-electron chi connectivity index (χ4n) is 2.41. The molecule has 1 aliphatic heterocycles. The van der Waals surface area contributed by atoms with Crippen molar-refractivity contribution in [2.24, 2.45) is 0 Å². The molecule has 4 heteroatoms. The van der Waals surface area contributed by atoms with E-state index in [1.165, 1.54) is 0 Å². The topological polar surface area (TPSA) is 66.4 Å². The van der Waals surface area contributed by atoms with Crippen molar-refractivity contribution in [3.8, 4) is 0 Å². The van der Waals surface area contributed by atoms with Crippen molar-refractivity contribution in [2.45, 2.75) is 6.04 Å². The number of aliphatic hydroxyl groups is 1. The lowest BCUT2D eigenvalue weighted by molar-refractivity contribution is -0.133. The van der Waals surface area contributed by atoms with Crippen LogP contribution < -0.4 is 5.32 Å². The zero-order valence-electron chi connectivity index (χ0n) is 11.1. The molecule has 1 amide bonds. The van der Waals surface area contributed by atoms with E-state index in [9.17, 15) is 14.7 Å². The van der Waals surface area contributed by atoms with Gasteiger partial charge in [0, 0.05) is 5.56 Å². The molecule has 1 saturated heterocycles. The van der Waals surface area contributed by atoms with Crippen LogP contribution in [0.2, 0.25) is 0 Å². The van der Waals surface area contributed by atoms with Crippen LogP contribution in [0.25, 0.3) is 5.76 Å². The van der Waals surface area contributed by atoms with E-state index in [4.69, 9.17) is 0 Å². The highest BCUT2D eigenvalue weighted by atomic mass is 16.3. The molecular weight excluding hydrogens is 266 g/mol. The lowest BCUT2D eigenvalue weighted by atomic mass is 9.96.